The molecule has 0 saturated carbocycles. The summed E-state index contributed by atoms with van der Waals surface area (Å²) in [5.41, 5.74) is 1.81. The van der Waals surface area contributed by atoms with E-state index < -0.39 is 11.9 Å². The molecule has 0 amide bonds. The molecular weight excluding hydrogens is 332 g/mol. The molecule has 0 spiro atoms. The molecule has 0 radical (unpaired) electrons. The summed E-state index contributed by atoms with van der Waals surface area (Å²) in [6.07, 6.45) is 1.39. The molecule has 0 fully saturated rings. The lowest BCUT2D eigenvalue weighted by atomic mass is 9.80. The minimum atomic E-state index is -0.817. The van der Waals surface area contributed by atoms with Crippen LogP contribution in [0.4, 0.5) is 0 Å². The summed E-state index contributed by atoms with van der Waals surface area (Å²) in [4.78, 5) is 12.0. The van der Waals surface area contributed by atoms with E-state index in [2.05, 4.69) is 0 Å². The summed E-state index contributed by atoms with van der Waals surface area (Å²) in [5.74, 6) is 0.580. The topological polar surface area (TPSA) is 65.0 Å². The summed E-state index contributed by atoms with van der Waals surface area (Å²) < 4.78 is 15.8. The fourth-order valence-electron chi connectivity index (χ4n) is 3.24. The van der Waals surface area contributed by atoms with Gasteiger partial charge in [0.1, 0.15) is 5.75 Å². The second-order valence-corrected chi connectivity index (χ2v) is 6.15. The van der Waals surface area contributed by atoms with Crippen LogP contribution < -0.4 is 14.2 Å². The van der Waals surface area contributed by atoms with Crippen LogP contribution in [0.15, 0.2) is 42.5 Å². The monoisotopic (exact) mass is 358 g/mol. The average molecular weight is 358 g/mol. The van der Waals surface area contributed by atoms with Gasteiger partial charge in [0.2, 0.25) is 0 Å². The van der Waals surface area contributed by atoms with Crippen molar-refractivity contribution < 1.29 is 24.1 Å². The molecule has 2 rings (SSSR count). The number of hydrogen-bond donors (Lipinski definition) is 1. The molecule has 0 aromatic heterocycles. The van der Waals surface area contributed by atoms with Crippen LogP contribution in [0.25, 0.3) is 0 Å². The largest absolute Gasteiger partial charge is 0.497 e. The molecule has 26 heavy (non-hydrogen) atoms. The van der Waals surface area contributed by atoms with E-state index in [0.717, 1.165) is 17.5 Å². The summed E-state index contributed by atoms with van der Waals surface area (Å²) in [6.45, 7) is 2.02. The first-order chi connectivity index (χ1) is 12.5. The van der Waals surface area contributed by atoms with Crippen LogP contribution in [0.5, 0.6) is 17.2 Å². The van der Waals surface area contributed by atoms with Gasteiger partial charge in [0, 0.05) is 0 Å². The second kappa shape index (κ2) is 9.13. The van der Waals surface area contributed by atoms with Gasteiger partial charge < -0.3 is 19.3 Å². The van der Waals surface area contributed by atoms with Crippen LogP contribution in [-0.2, 0) is 11.2 Å². The SMILES string of the molecule is CC[C@H](Cc1ccc(OC)c(OC)c1)[C@H](C(=O)O)c1ccc(OC)cc1. The predicted octanol–water partition coefficient (Wildman–Crippen LogP) is 4.15. The molecule has 0 heterocycles. The summed E-state index contributed by atoms with van der Waals surface area (Å²) in [6, 6.07) is 13.0. The van der Waals surface area contributed by atoms with Crippen molar-refractivity contribution in [2.45, 2.75) is 25.7 Å². The number of benzene rings is 2. The smallest absolute Gasteiger partial charge is 0.311 e. The van der Waals surface area contributed by atoms with Crippen molar-refractivity contribution in [3.8, 4) is 17.2 Å². The Morgan fingerprint density at radius 3 is 2.12 bits per heavy atom. The van der Waals surface area contributed by atoms with E-state index in [9.17, 15) is 9.90 Å². The number of carboxylic acids is 1. The lowest BCUT2D eigenvalue weighted by molar-refractivity contribution is -0.140. The van der Waals surface area contributed by atoms with E-state index in [1.54, 1.807) is 33.5 Å². The fourth-order valence-corrected chi connectivity index (χ4v) is 3.24. The molecule has 5 nitrogen and oxygen atoms in total. The highest BCUT2D eigenvalue weighted by Crippen LogP contribution is 2.34. The van der Waals surface area contributed by atoms with Crippen molar-refractivity contribution in [1.29, 1.82) is 0 Å². The summed E-state index contributed by atoms with van der Waals surface area (Å²) >= 11 is 0. The van der Waals surface area contributed by atoms with E-state index in [4.69, 9.17) is 14.2 Å². The van der Waals surface area contributed by atoms with Gasteiger partial charge in [-0.05, 0) is 47.7 Å². The first-order valence-corrected chi connectivity index (χ1v) is 8.61. The Morgan fingerprint density at radius 2 is 1.62 bits per heavy atom. The number of rotatable bonds is 9. The van der Waals surface area contributed by atoms with E-state index in [1.165, 1.54) is 0 Å². The normalized spacial score (nSPS) is 12.9. The first-order valence-electron chi connectivity index (χ1n) is 8.61. The summed E-state index contributed by atoms with van der Waals surface area (Å²) in [7, 11) is 4.78. The van der Waals surface area contributed by atoms with Crippen LogP contribution >= 0.6 is 0 Å². The van der Waals surface area contributed by atoms with E-state index in [0.29, 0.717) is 23.7 Å². The van der Waals surface area contributed by atoms with Crippen molar-refractivity contribution in [3.05, 3.63) is 53.6 Å². The van der Waals surface area contributed by atoms with Crippen LogP contribution in [0.3, 0.4) is 0 Å². The maximum absolute atomic E-state index is 12.0. The van der Waals surface area contributed by atoms with Crippen LogP contribution in [0.1, 0.15) is 30.4 Å². The van der Waals surface area contributed by atoms with Gasteiger partial charge in [0.25, 0.3) is 0 Å². The fraction of sp³-hybridized carbons (Fsp3) is 0.381. The number of hydrogen-bond acceptors (Lipinski definition) is 4. The van der Waals surface area contributed by atoms with Crippen molar-refractivity contribution in [3.63, 3.8) is 0 Å². The molecule has 1 N–H and O–H groups in total. The minimum Gasteiger partial charge on any atom is -0.497 e. The maximum Gasteiger partial charge on any atom is 0.311 e. The van der Waals surface area contributed by atoms with Crippen LogP contribution in [0.2, 0.25) is 0 Å². The van der Waals surface area contributed by atoms with Gasteiger partial charge in [-0.1, -0.05) is 31.5 Å². The molecule has 2 aromatic carbocycles. The van der Waals surface area contributed by atoms with Crippen LogP contribution in [0, 0.1) is 5.92 Å². The Hall–Kier alpha value is -2.69. The molecule has 0 aliphatic rings. The average Bonchev–Trinajstić information content (AvgIpc) is 2.67. The number of carboxylic acid groups (broad SMARTS) is 1. The zero-order valence-electron chi connectivity index (χ0n) is 15.7. The zero-order valence-corrected chi connectivity index (χ0v) is 15.7. The van der Waals surface area contributed by atoms with Gasteiger partial charge in [-0.3, -0.25) is 4.79 Å². The predicted molar refractivity (Wildman–Crippen MR) is 100 cm³/mol. The van der Waals surface area contributed by atoms with Gasteiger partial charge in [0.15, 0.2) is 11.5 Å². The Balaban J connectivity index is 2.29. The minimum absolute atomic E-state index is 0.0426. The summed E-state index contributed by atoms with van der Waals surface area (Å²) in [5, 5.41) is 9.84. The van der Waals surface area contributed by atoms with Crippen molar-refractivity contribution in [1.82, 2.24) is 0 Å². The Kier molecular flexibility index (Phi) is 6.89. The molecule has 0 bridgehead atoms. The molecule has 0 aliphatic carbocycles. The Morgan fingerprint density at radius 1 is 0.962 bits per heavy atom. The molecule has 0 aliphatic heterocycles. The number of aliphatic carboxylic acids is 1. The van der Waals surface area contributed by atoms with Crippen LogP contribution in [-0.4, -0.2) is 32.4 Å². The molecule has 5 heteroatoms. The molecule has 140 valence electrons. The van der Waals surface area contributed by atoms with Crippen molar-refractivity contribution >= 4 is 5.97 Å². The highest BCUT2D eigenvalue weighted by Gasteiger charge is 2.29. The standard InChI is InChI=1S/C21H26O5/c1-5-15(12-14-6-11-18(25-3)19(13-14)26-4)20(21(22)23)16-7-9-17(24-2)10-8-16/h6-11,13,15,20H,5,12H2,1-4H3,(H,22,23)/t15-,20+/m1/s1. The molecule has 2 aromatic rings. The third-order valence-electron chi connectivity index (χ3n) is 4.68. The molecular formula is C21H26O5. The third kappa shape index (κ3) is 4.48. The lowest BCUT2D eigenvalue weighted by Crippen LogP contribution is -2.23. The first kappa shape index (κ1) is 19.6. The number of ether oxygens (including phenoxy) is 3. The van der Waals surface area contributed by atoms with Gasteiger partial charge in [0.05, 0.1) is 27.2 Å². The van der Waals surface area contributed by atoms with E-state index in [-0.39, 0.29) is 5.92 Å². The molecule has 0 saturated heterocycles. The lowest BCUT2D eigenvalue weighted by Gasteiger charge is -2.24. The van der Waals surface area contributed by atoms with E-state index in [1.807, 2.05) is 37.3 Å². The van der Waals surface area contributed by atoms with Gasteiger partial charge >= 0.3 is 5.97 Å². The van der Waals surface area contributed by atoms with E-state index >= 15 is 0 Å². The Bertz CT molecular complexity index is 724. The second-order valence-electron chi connectivity index (χ2n) is 6.15. The highest BCUT2D eigenvalue weighted by molar-refractivity contribution is 5.76. The number of carbonyl (C=O) groups is 1. The van der Waals surface area contributed by atoms with Gasteiger partial charge in [-0.15, -0.1) is 0 Å². The number of methoxy groups -OCH3 is 3. The van der Waals surface area contributed by atoms with Crippen molar-refractivity contribution in [2.24, 2.45) is 5.92 Å². The molecule has 0 unspecified atom stereocenters. The Labute approximate surface area is 154 Å². The highest BCUT2D eigenvalue weighted by atomic mass is 16.5. The third-order valence-corrected chi connectivity index (χ3v) is 4.68. The zero-order chi connectivity index (χ0) is 19.1. The van der Waals surface area contributed by atoms with Gasteiger partial charge in [-0.25, -0.2) is 0 Å². The van der Waals surface area contributed by atoms with Gasteiger partial charge in [-0.2, -0.15) is 0 Å². The van der Waals surface area contributed by atoms with Crippen molar-refractivity contribution in [2.75, 3.05) is 21.3 Å². The molecule has 2 atom stereocenters. The maximum atomic E-state index is 12.0. The quantitative estimate of drug-likeness (QED) is 0.729.